The molecule has 2 aromatic carbocycles. The zero-order chi connectivity index (χ0) is 18.4. The van der Waals surface area contributed by atoms with E-state index in [4.69, 9.17) is 9.47 Å². The van der Waals surface area contributed by atoms with Crippen LogP contribution in [-0.4, -0.2) is 30.9 Å². The minimum absolute atomic E-state index is 0.244. The number of guanidine groups is 1. The molecule has 0 aliphatic carbocycles. The molecule has 138 valence electrons. The molecule has 2 aromatic rings. The number of ether oxygens (including phenoxy) is 2. The average molecular weight is 359 g/mol. The summed E-state index contributed by atoms with van der Waals surface area (Å²) in [5.74, 6) is 1.73. The molecule has 0 amide bonds. The summed E-state index contributed by atoms with van der Waals surface area (Å²) in [5, 5.41) is 16.4. The van der Waals surface area contributed by atoms with Gasteiger partial charge in [0.2, 0.25) is 6.79 Å². The minimum Gasteiger partial charge on any atom is -0.454 e. The van der Waals surface area contributed by atoms with Crippen LogP contribution in [0.25, 0.3) is 0 Å². The summed E-state index contributed by atoms with van der Waals surface area (Å²) in [7, 11) is 0. The van der Waals surface area contributed by atoms with Gasteiger partial charge in [-0.25, -0.2) is 9.38 Å². The Bertz CT molecular complexity index is 765. The number of aliphatic imine (C=N–C) groups is 1. The Morgan fingerprint density at radius 1 is 1.15 bits per heavy atom. The normalized spacial score (nSPS) is 14.2. The van der Waals surface area contributed by atoms with E-state index in [1.54, 1.807) is 12.1 Å². The molecule has 26 heavy (non-hydrogen) atoms. The van der Waals surface area contributed by atoms with Crippen LogP contribution in [0.4, 0.5) is 4.39 Å². The highest BCUT2D eigenvalue weighted by Gasteiger charge is 2.13. The van der Waals surface area contributed by atoms with Gasteiger partial charge < -0.3 is 25.2 Å². The third kappa shape index (κ3) is 4.64. The number of aliphatic hydroxyl groups excluding tert-OH is 1. The second kappa shape index (κ2) is 8.53. The Morgan fingerprint density at radius 2 is 1.92 bits per heavy atom. The van der Waals surface area contributed by atoms with Gasteiger partial charge in [-0.1, -0.05) is 18.2 Å². The Hall–Kier alpha value is -2.80. The lowest BCUT2D eigenvalue weighted by atomic mass is 10.1. The first-order valence-electron chi connectivity index (χ1n) is 8.50. The molecule has 0 bridgehead atoms. The van der Waals surface area contributed by atoms with Crippen molar-refractivity contribution in [2.24, 2.45) is 4.99 Å². The highest BCUT2D eigenvalue weighted by Crippen LogP contribution is 2.32. The maximum atomic E-state index is 13.0. The first kappa shape index (κ1) is 18.0. The molecule has 6 nitrogen and oxygen atoms in total. The van der Waals surface area contributed by atoms with E-state index in [1.807, 2.05) is 25.1 Å². The van der Waals surface area contributed by atoms with E-state index < -0.39 is 6.10 Å². The van der Waals surface area contributed by atoms with Crippen molar-refractivity contribution in [2.45, 2.75) is 19.6 Å². The van der Waals surface area contributed by atoms with Gasteiger partial charge in [0.05, 0.1) is 12.6 Å². The van der Waals surface area contributed by atoms with Crippen molar-refractivity contribution >= 4 is 5.96 Å². The smallest absolute Gasteiger partial charge is 0.231 e. The largest absolute Gasteiger partial charge is 0.454 e. The first-order valence-corrected chi connectivity index (χ1v) is 8.50. The molecule has 1 aliphatic heterocycles. The summed E-state index contributed by atoms with van der Waals surface area (Å²) >= 11 is 0. The topological polar surface area (TPSA) is 75.1 Å². The van der Waals surface area contributed by atoms with E-state index in [-0.39, 0.29) is 19.2 Å². The van der Waals surface area contributed by atoms with Crippen LogP contribution in [0.2, 0.25) is 0 Å². The first-order chi connectivity index (χ1) is 12.7. The maximum Gasteiger partial charge on any atom is 0.231 e. The van der Waals surface area contributed by atoms with Crippen molar-refractivity contribution in [3.05, 3.63) is 59.4 Å². The van der Waals surface area contributed by atoms with Crippen LogP contribution in [-0.2, 0) is 6.54 Å². The zero-order valence-electron chi connectivity index (χ0n) is 14.5. The van der Waals surface area contributed by atoms with Crippen LogP contribution in [0.1, 0.15) is 24.2 Å². The van der Waals surface area contributed by atoms with Gasteiger partial charge >= 0.3 is 0 Å². The fourth-order valence-electron chi connectivity index (χ4n) is 2.55. The van der Waals surface area contributed by atoms with E-state index in [0.717, 1.165) is 17.1 Å². The van der Waals surface area contributed by atoms with Crippen molar-refractivity contribution in [3.63, 3.8) is 0 Å². The molecule has 0 aromatic heterocycles. The molecule has 1 aliphatic rings. The highest BCUT2D eigenvalue weighted by atomic mass is 19.1. The van der Waals surface area contributed by atoms with Gasteiger partial charge in [0, 0.05) is 13.1 Å². The predicted molar refractivity (Wildman–Crippen MR) is 96.7 cm³/mol. The van der Waals surface area contributed by atoms with Gasteiger partial charge in [0.25, 0.3) is 0 Å². The SMILES string of the molecule is CCNC(=NCc1ccc2c(c1)OCO2)NCC(O)c1ccc(F)cc1. The second-order valence-electron chi connectivity index (χ2n) is 5.83. The molecule has 0 radical (unpaired) electrons. The molecule has 3 rings (SSSR count). The fraction of sp³-hybridized carbons (Fsp3) is 0.316. The Kier molecular flexibility index (Phi) is 5.91. The van der Waals surface area contributed by atoms with Crippen LogP contribution in [0.5, 0.6) is 11.5 Å². The summed E-state index contributed by atoms with van der Waals surface area (Å²) < 4.78 is 23.6. The quantitative estimate of drug-likeness (QED) is 0.545. The molecule has 0 fully saturated rings. The molecule has 0 saturated heterocycles. The number of rotatable bonds is 6. The van der Waals surface area contributed by atoms with E-state index >= 15 is 0 Å². The zero-order valence-corrected chi connectivity index (χ0v) is 14.5. The molecule has 0 spiro atoms. The molecule has 0 saturated carbocycles. The van der Waals surface area contributed by atoms with Crippen LogP contribution < -0.4 is 20.1 Å². The molecule has 1 atom stereocenters. The van der Waals surface area contributed by atoms with Crippen molar-refractivity contribution in [1.29, 1.82) is 0 Å². The summed E-state index contributed by atoms with van der Waals surface area (Å²) in [5.41, 5.74) is 1.64. The van der Waals surface area contributed by atoms with Gasteiger partial charge in [0.1, 0.15) is 5.82 Å². The standard InChI is InChI=1S/C19H22FN3O3/c1-2-21-19(23-11-16(24)14-4-6-15(20)7-5-14)22-10-13-3-8-17-18(9-13)26-12-25-17/h3-9,16,24H,2,10-12H2,1H3,(H2,21,22,23). The van der Waals surface area contributed by atoms with Gasteiger partial charge in [-0.15, -0.1) is 0 Å². The highest BCUT2D eigenvalue weighted by molar-refractivity contribution is 5.79. The van der Waals surface area contributed by atoms with E-state index in [2.05, 4.69) is 15.6 Å². The van der Waals surface area contributed by atoms with Crippen LogP contribution in [0.3, 0.4) is 0 Å². The van der Waals surface area contributed by atoms with E-state index in [9.17, 15) is 9.50 Å². The molecular weight excluding hydrogens is 337 g/mol. The molecule has 3 N–H and O–H groups in total. The Morgan fingerprint density at radius 3 is 2.69 bits per heavy atom. The maximum absolute atomic E-state index is 13.0. The summed E-state index contributed by atoms with van der Waals surface area (Å²) in [6.07, 6.45) is -0.759. The van der Waals surface area contributed by atoms with Crippen molar-refractivity contribution < 1.29 is 19.0 Å². The monoisotopic (exact) mass is 359 g/mol. The lowest BCUT2D eigenvalue weighted by Crippen LogP contribution is -2.39. The third-order valence-corrected chi connectivity index (χ3v) is 3.92. The molecule has 7 heteroatoms. The van der Waals surface area contributed by atoms with Gasteiger partial charge in [-0.05, 0) is 42.3 Å². The fourth-order valence-corrected chi connectivity index (χ4v) is 2.55. The average Bonchev–Trinajstić information content (AvgIpc) is 3.12. The lowest BCUT2D eigenvalue weighted by molar-refractivity contribution is 0.174. The Balaban J connectivity index is 1.59. The lowest BCUT2D eigenvalue weighted by Gasteiger charge is -2.15. The number of nitrogens with one attached hydrogen (secondary N) is 2. The number of nitrogens with zero attached hydrogens (tertiary/aromatic N) is 1. The number of halogens is 1. The van der Waals surface area contributed by atoms with Crippen LogP contribution in [0, 0.1) is 5.82 Å². The van der Waals surface area contributed by atoms with Gasteiger partial charge in [-0.3, -0.25) is 0 Å². The number of hydrogen-bond acceptors (Lipinski definition) is 4. The minimum atomic E-state index is -0.759. The molecule has 1 heterocycles. The van der Waals surface area contributed by atoms with Crippen molar-refractivity contribution in [3.8, 4) is 11.5 Å². The van der Waals surface area contributed by atoms with Crippen molar-refractivity contribution in [2.75, 3.05) is 19.9 Å². The summed E-state index contributed by atoms with van der Waals surface area (Å²) in [6.45, 7) is 3.62. The Labute approximate surface area is 151 Å². The van der Waals surface area contributed by atoms with E-state index in [0.29, 0.717) is 24.6 Å². The summed E-state index contributed by atoms with van der Waals surface area (Å²) in [6, 6.07) is 11.5. The predicted octanol–water partition coefficient (Wildman–Crippen LogP) is 2.34. The van der Waals surface area contributed by atoms with E-state index in [1.165, 1.54) is 12.1 Å². The number of benzene rings is 2. The van der Waals surface area contributed by atoms with Crippen LogP contribution >= 0.6 is 0 Å². The van der Waals surface area contributed by atoms with Crippen molar-refractivity contribution in [1.82, 2.24) is 10.6 Å². The molecular formula is C19H22FN3O3. The molecule has 1 unspecified atom stereocenters. The third-order valence-electron chi connectivity index (χ3n) is 3.92. The second-order valence-corrected chi connectivity index (χ2v) is 5.83. The van der Waals surface area contributed by atoms with Crippen LogP contribution in [0.15, 0.2) is 47.5 Å². The number of hydrogen-bond donors (Lipinski definition) is 3. The number of aliphatic hydroxyl groups is 1. The van der Waals surface area contributed by atoms with Gasteiger partial charge in [-0.2, -0.15) is 0 Å². The van der Waals surface area contributed by atoms with Gasteiger partial charge in [0.15, 0.2) is 17.5 Å². The number of fused-ring (bicyclic) bond motifs is 1. The summed E-state index contributed by atoms with van der Waals surface area (Å²) in [4.78, 5) is 4.52.